The van der Waals surface area contributed by atoms with Crippen LogP contribution in [0, 0.1) is 13.8 Å². The van der Waals surface area contributed by atoms with Crippen LogP contribution in [0.15, 0.2) is 42.5 Å². The molecule has 0 spiro atoms. The van der Waals surface area contributed by atoms with Crippen molar-refractivity contribution in [2.45, 2.75) is 33.8 Å². The van der Waals surface area contributed by atoms with Gasteiger partial charge in [-0.3, -0.25) is 20.4 Å². The normalized spacial score (nSPS) is 10.3. The summed E-state index contributed by atoms with van der Waals surface area (Å²) in [4.78, 5) is 23.9. The van der Waals surface area contributed by atoms with E-state index in [1.165, 1.54) is 0 Å². The van der Waals surface area contributed by atoms with Crippen LogP contribution in [0.1, 0.15) is 35.3 Å². The highest BCUT2D eigenvalue weighted by molar-refractivity contribution is 5.95. The van der Waals surface area contributed by atoms with Gasteiger partial charge >= 0.3 is 0 Å². The summed E-state index contributed by atoms with van der Waals surface area (Å²) in [7, 11) is 0. The number of ether oxygens (including phenoxy) is 2. The van der Waals surface area contributed by atoms with E-state index in [2.05, 4.69) is 10.9 Å². The van der Waals surface area contributed by atoms with Crippen LogP contribution in [0.3, 0.4) is 0 Å². The molecule has 0 aromatic heterocycles. The molecule has 0 heterocycles. The second-order valence-corrected chi connectivity index (χ2v) is 6.25. The summed E-state index contributed by atoms with van der Waals surface area (Å²) in [5, 5.41) is 0. The SMILES string of the molecule is Cc1ccc(OCC(=O)NNC(=O)c2ccc(OC(C)C)cc2)c(C)c1. The van der Waals surface area contributed by atoms with Crippen molar-refractivity contribution < 1.29 is 19.1 Å². The Morgan fingerprint density at radius 1 is 1.00 bits per heavy atom. The number of rotatable bonds is 6. The predicted molar refractivity (Wildman–Crippen MR) is 99.2 cm³/mol. The van der Waals surface area contributed by atoms with Crippen LogP contribution in [0.5, 0.6) is 11.5 Å². The lowest BCUT2D eigenvalue weighted by atomic mass is 10.1. The summed E-state index contributed by atoms with van der Waals surface area (Å²) in [5.41, 5.74) is 7.18. The lowest BCUT2D eigenvalue weighted by Crippen LogP contribution is -2.43. The number of carbonyl (C=O) groups is 2. The summed E-state index contributed by atoms with van der Waals surface area (Å²) < 4.78 is 11.0. The van der Waals surface area contributed by atoms with Gasteiger partial charge in [0, 0.05) is 5.56 Å². The van der Waals surface area contributed by atoms with Gasteiger partial charge in [-0.15, -0.1) is 0 Å². The number of aryl methyl sites for hydroxylation is 2. The smallest absolute Gasteiger partial charge is 0.276 e. The molecule has 2 rings (SSSR count). The van der Waals surface area contributed by atoms with Crippen LogP contribution in [-0.4, -0.2) is 24.5 Å². The van der Waals surface area contributed by atoms with Crippen LogP contribution < -0.4 is 20.3 Å². The van der Waals surface area contributed by atoms with Crippen molar-refractivity contribution in [3.05, 3.63) is 59.2 Å². The molecular weight excluding hydrogens is 332 g/mol. The molecule has 0 aliphatic carbocycles. The number of hydrogen-bond acceptors (Lipinski definition) is 4. The summed E-state index contributed by atoms with van der Waals surface area (Å²) in [5.74, 6) is 0.458. The van der Waals surface area contributed by atoms with Gasteiger partial charge in [-0.2, -0.15) is 0 Å². The highest BCUT2D eigenvalue weighted by Crippen LogP contribution is 2.18. The first-order valence-electron chi connectivity index (χ1n) is 8.41. The Bertz CT molecular complexity index is 770. The zero-order valence-corrected chi connectivity index (χ0v) is 15.5. The number of hydrazine groups is 1. The Hall–Kier alpha value is -3.02. The first kappa shape index (κ1) is 19.3. The Labute approximate surface area is 153 Å². The third-order valence-corrected chi connectivity index (χ3v) is 3.49. The van der Waals surface area contributed by atoms with E-state index in [-0.39, 0.29) is 12.7 Å². The fourth-order valence-electron chi connectivity index (χ4n) is 2.30. The second-order valence-electron chi connectivity index (χ2n) is 6.25. The number of amides is 2. The molecule has 2 N–H and O–H groups in total. The first-order valence-corrected chi connectivity index (χ1v) is 8.41. The lowest BCUT2D eigenvalue weighted by molar-refractivity contribution is -0.123. The van der Waals surface area contributed by atoms with E-state index in [4.69, 9.17) is 9.47 Å². The highest BCUT2D eigenvalue weighted by Gasteiger charge is 2.09. The van der Waals surface area contributed by atoms with E-state index in [0.717, 1.165) is 11.1 Å². The second kappa shape index (κ2) is 8.89. The van der Waals surface area contributed by atoms with Crippen LogP contribution >= 0.6 is 0 Å². The standard InChI is InChI=1S/C20H24N2O4/c1-13(2)26-17-8-6-16(7-9-17)20(24)22-21-19(23)12-25-18-10-5-14(3)11-15(18)4/h5-11,13H,12H2,1-4H3,(H,21,23)(H,22,24). The molecule has 0 saturated heterocycles. The van der Waals surface area contributed by atoms with Gasteiger partial charge in [0.15, 0.2) is 6.61 Å². The topological polar surface area (TPSA) is 76.7 Å². The molecular formula is C20H24N2O4. The molecule has 0 atom stereocenters. The summed E-state index contributed by atoms with van der Waals surface area (Å²) in [6, 6.07) is 12.4. The van der Waals surface area contributed by atoms with Crippen molar-refractivity contribution >= 4 is 11.8 Å². The molecule has 2 aromatic carbocycles. The third-order valence-electron chi connectivity index (χ3n) is 3.49. The maximum Gasteiger partial charge on any atom is 0.276 e. The van der Waals surface area contributed by atoms with E-state index in [1.807, 2.05) is 45.9 Å². The van der Waals surface area contributed by atoms with Crippen molar-refractivity contribution in [3.63, 3.8) is 0 Å². The molecule has 138 valence electrons. The molecule has 6 nitrogen and oxygen atoms in total. The van der Waals surface area contributed by atoms with E-state index >= 15 is 0 Å². The van der Waals surface area contributed by atoms with Crippen LogP contribution in [0.2, 0.25) is 0 Å². The minimum Gasteiger partial charge on any atom is -0.491 e. The van der Waals surface area contributed by atoms with Crippen molar-refractivity contribution in [2.75, 3.05) is 6.61 Å². The van der Waals surface area contributed by atoms with Gasteiger partial charge in [-0.25, -0.2) is 0 Å². The van der Waals surface area contributed by atoms with Crippen LogP contribution in [-0.2, 0) is 4.79 Å². The Balaban J connectivity index is 1.80. The molecule has 2 amide bonds. The monoisotopic (exact) mass is 356 g/mol. The van der Waals surface area contributed by atoms with Gasteiger partial charge in [0.25, 0.3) is 11.8 Å². The fourth-order valence-corrected chi connectivity index (χ4v) is 2.30. The minimum atomic E-state index is -0.446. The van der Waals surface area contributed by atoms with Gasteiger partial charge in [0.1, 0.15) is 11.5 Å². The van der Waals surface area contributed by atoms with E-state index in [1.54, 1.807) is 24.3 Å². The largest absolute Gasteiger partial charge is 0.491 e. The highest BCUT2D eigenvalue weighted by atomic mass is 16.5. The zero-order chi connectivity index (χ0) is 19.1. The van der Waals surface area contributed by atoms with Gasteiger partial charge in [-0.1, -0.05) is 17.7 Å². The zero-order valence-electron chi connectivity index (χ0n) is 15.5. The average molecular weight is 356 g/mol. The Morgan fingerprint density at radius 2 is 1.69 bits per heavy atom. The quantitative estimate of drug-likeness (QED) is 0.780. The molecule has 0 aliphatic heterocycles. The summed E-state index contributed by atoms with van der Waals surface area (Å²) in [6.45, 7) is 7.56. The molecule has 0 fully saturated rings. The number of nitrogens with one attached hydrogen (secondary N) is 2. The van der Waals surface area contributed by atoms with Crippen molar-refractivity contribution in [1.29, 1.82) is 0 Å². The number of hydrogen-bond donors (Lipinski definition) is 2. The molecule has 0 aliphatic rings. The molecule has 26 heavy (non-hydrogen) atoms. The summed E-state index contributed by atoms with van der Waals surface area (Å²) in [6.07, 6.45) is 0.0612. The maximum absolute atomic E-state index is 12.0. The molecule has 6 heteroatoms. The molecule has 0 saturated carbocycles. The predicted octanol–water partition coefficient (Wildman–Crippen LogP) is 2.93. The molecule has 0 radical (unpaired) electrons. The van der Waals surface area contributed by atoms with Crippen molar-refractivity contribution in [2.24, 2.45) is 0 Å². The molecule has 0 bridgehead atoms. The van der Waals surface area contributed by atoms with Crippen molar-refractivity contribution in [3.8, 4) is 11.5 Å². The minimum absolute atomic E-state index is 0.0612. The van der Waals surface area contributed by atoms with Crippen LogP contribution in [0.25, 0.3) is 0 Å². The molecule has 0 unspecified atom stereocenters. The number of benzene rings is 2. The molecule has 2 aromatic rings. The van der Waals surface area contributed by atoms with Crippen LogP contribution in [0.4, 0.5) is 0 Å². The van der Waals surface area contributed by atoms with Crippen molar-refractivity contribution in [1.82, 2.24) is 10.9 Å². The average Bonchev–Trinajstić information content (AvgIpc) is 2.59. The third kappa shape index (κ3) is 5.81. The number of carbonyl (C=O) groups excluding carboxylic acids is 2. The van der Waals surface area contributed by atoms with E-state index in [9.17, 15) is 9.59 Å². The van der Waals surface area contributed by atoms with Gasteiger partial charge in [0.2, 0.25) is 0 Å². The fraction of sp³-hybridized carbons (Fsp3) is 0.300. The van der Waals surface area contributed by atoms with Gasteiger partial charge in [-0.05, 0) is 63.6 Å². The lowest BCUT2D eigenvalue weighted by Gasteiger charge is -2.12. The first-order chi connectivity index (χ1) is 12.3. The maximum atomic E-state index is 12.0. The summed E-state index contributed by atoms with van der Waals surface area (Å²) >= 11 is 0. The van der Waals surface area contributed by atoms with Gasteiger partial charge < -0.3 is 9.47 Å². The van der Waals surface area contributed by atoms with E-state index < -0.39 is 11.8 Å². The Morgan fingerprint density at radius 3 is 2.31 bits per heavy atom. The van der Waals surface area contributed by atoms with E-state index in [0.29, 0.717) is 17.1 Å². The van der Waals surface area contributed by atoms with Gasteiger partial charge in [0.05, 0.1) is 6.10 Å². The Kier molecular flexibility index (Phi) is 6.60.